The lowest BCUT2D eigenvalue weighted by atomic mass is 9.80. The highest BCUT2D eigenvalue weighted by molar-refractivity contribution is 5.94. The molecule has 1 amide bonds. The van der Waals surface area contributed by atoms with Crippen LogP contribution in [0.5, 0.6) is 0 Å². The second kappa shape index (κ2) is 6.15. The van der Waals surface area contributed by atoms with Crippen LogP contribution in [0.25, 0.3) is 0 Å². The van der Waals surface area contributed by atoms with Gasteiger partial charge in [0.2, 0.25) is 0 Å². The monoisotopic (exact) mass is 267 g/mol. The van der Waals surface area contributed by atoms with Gasteiger partial charge in [-0.05, 0) is 18.1 Å². The van der Waals surface area contributed by atoms with Crippen LogP contribution in [0.1, 0.15) is 38.1 Å². The normalized spacial score (nSPS) is 13.4. The molecular formula is C15H22FNO2. The standard InChI is InChI=1S/C15H22FNO2/c1-10(2)13(18)15(3,4)9-17-14(19)11-7-5-6-8-12(11)16/h5-8,10,13,18H,9H2,1-4H3,(H,17,19). The molecule has 4 heteroatoms. The Balaban J connectivity index is 2.67. The summed E-state index contributed by atoms with van der Waals surface area (Å²) < 4.78 is 13.4. The van der Waals surface area contributed by atoms with Gasteiger partial charge < -0.3 is 10.4 Å². The van der Waals surface area contributed by atoms with Gasteiger partial charge in [0.15, 0.2) is 0 Å². The second-order valence-electron chi connectivity index (χ2n) is 5.84. The Hall–Kier alpha value is -1.42. The molecule has 0 saturated heterocycles. The maximum atomic E-state index is 13.4. The summed E-state index contributed by atoms with van der Waals surface area (Å²) in [5.41, 5.74) is -0.438. The highest BCUT2D eigenvalue weighted by Crippen LogP contribution is 2.25. The van der Waals surface area contributed by atoms with Gasteiger partial charge in [-0.3, -0.25) is 4.79 Å². The minimum absolute atomic E-state index is 0.0253. The molecule has 0 aliphatic rings. The molecule has 0 spiro atoms. The van der Waals surface area contributed by atoms with E-state index < -0.39 is 23.2 Å². The van der Waals surface area contributed by atoms with Crippen molar-refractivity contribution in [2.24, 2.45) is 11.3 Å². The molecule has 0 heterocycles. The predicted molar refractivity (Wildman–Crippen MR) is 73.4 cm³/mol. The van der Waals surface area contributed by atoms with Crippen molar-refractivity contribution in [1.29, 1.82) is 0 Å². The summed E-state index contributed by atoms with van der Waals surface area (Å²) in [4.78, 5) is 11.9. The van der Waals surface area contributed by atoms with Crippen LogP contribution in [0.2, 0.25) is 0 Å². The second-order valence-corrected chi connectivity index (χ2v) is 5.84. The first-order chi connectivity index (χ1) is 8.75. The van der Waals surface area contributed by atoms with E-state index in [-0.39, 0.29) is 11.5 Å². The highest BCUT2D eigenvalue weighted by Gasteiger charge is 2.30. The van der Waals surface area contributed by atoms with Crippen molar-refractivity contribution < 1.29 is 14.3 Å². The molecule has 1 aromatic rings. The zero-order chi connectivity index (χ0) is 14.6. The molecule has 19 heavy (non-hydrogen) atoms. The SMILES string of the molecule is CC(C)C(O)C(C)(C)CNC(=O)c1ccccc1F. The number of carbonyl (C=O) groups excluding carboxylic acids is 1. The van der Waals surface area contributed by atoms with E-state index in [9.17, 15) is 14.3 Å². The van der Waals surface area contributed by atoms with E-state index in [0.29, 0.717) is 6.54 Å². The Bertz CT molecular complexity index is 444. The third kappa shape index (κ3) is 4.03. The van der Waals surface area contributed by atoms with E-state index in [1.807, 2.05) is 27.7 Å². The summed E-state index contributed by atoms with van der Waals surface area (Å²) in [6.45, 7) is 7.88. The number of nitrogens with one attached hydrogen (secondary N) is 1. The molecule has 1 atom stereocenters. The molecule has 0 fully saturated rings. The van der Waals surface area contributed by atoms with Crippen molar-refractivity contribution in [3.8, 4) is 0 Å². The molecule has 1 rings (SSSR count). The number of aliphatic hydroxyl groups excluding tert-OH is 1. The average Bonchev–Trinajstić information content (AvgIpc) is 2.35. The number of hydrogen-bond acceptors (Lipinski definition) is 2. The highest BCUT2D eigenvalue weighted by atomic mass is 19.1. The molecule has 106 valence electrons. The van der Waals surface area contributed by atoms with Gasteiger partial charge in [-0.2, -0.15) is 0 Å². The smallest absolute Gasteiger partial charge is 0.254 e. The minimum Gasteiger partial charge on any atom is -0.392 e. The van der Waals surface area contributed by atoms with E-state index >= 15 is 0 Å². The van der Waals surface area contributed by atoms with Crippen LogP contribution in [-0.2, 0) is 0 Å². The molecule has 1 aromatic carbocycles. The van der Waals surface area contributed by atoms with Crippen molar-refractivity contribution in [1.82, 2.24) is 5.32 Å². The molecular weight excluding hydrogens is 245 g/mol. The topological polar surface area (TPSA) is 49.3 Å². The Labute approximate surface area is 113 Å². The van der Waals surface area contributed by atoms with Gasteiger partial charge in [-0.25, -0.2) is 4.39 Å². The number of hydrogen-bond donors (Lipinski definition) is 2. The summed E-state index contributed by atoms with van der Waals surface area (Å²) in [7, 11) is 0. The zero-order valence-corrected chi connectivity index (χ0v) is 11.9. The van der Waals surface area contributed by atoms with Gasteiger partial charge in [-0.15, -0.1) is 0 Å². The number of halogens is 1. The lowest BCUT2D eigenvalue weighted by molar-refractivity contribution is 0.0138. The molecule has 0 aliphatic heterocycles. The minimum atomic E-state index is -0.540. The van der Waals surface area contributed by atoms with E-state index in [0.717, 1.165) is 0 Å². The third-order valence-corrected chi connectivity index (χ3v) is 3.26. The van der Waals surface area contributed by atoms with Crippen LogP contribution >= 0.6 is 0 Å². The van der Waals surface area contributed by atoms with Crippen LogP contribution in [0.4, 0.5) is 4.39 Å². The summed E-state index contributed by atoms with van der Waals surface area (Å²) in [6, 6.07) is 5.85. The van der Waals surface area contributed by atoms with Crippen LogP contribution in [0.3, 0.4) is 0 Å². The van der Waals surface area contributed by atoms with Gasteiger partial charge in [0, 0.05) is 12.0 Å². The van der Waals surface area contributed by atoms with Crippen LogP contribution in [0, 0.1) is 17.2 Å². The van der Waals surface area contributed by atoms with Crippen LogP contribution in [-0.4, -0.2) is 23.7 Å². The fraction of sp³-hybridized carbons (Fsp3) is 0.533. The van der Waals surface area contributed by atoms with E-state index in [4.69, 9.17) is 0 Å². The maximum Gasteiger partial charge on any atom is 0.254 e. The average molecular weight is 267 g/mol. The Morgan fingerprint density at radius 3 is 2.47 bits per heavy atom. The van der Waals surface area contributed by atoms with Crippen molar-refractivity contribution in [2.75, 3.05) is 6.54 Å². The fourth-order valence-corrected chi connectivity index (χ4v) is 2.06. The van der Waals surface area contributed by atoms with Crippen molar-refractivity contribution in [3.05, 3.63) is 35.6 Å². The van der Waals surface area contributed by atoms with Gasteiger partial charge in [-0.1, -0.05) is 39.8 Å². The van der Waals surface area contributed by atoms with Gasteiger partial charge in [0.05, 0.1) is 11.7 Å². The quantitative estimate of drug-likeness (QED) is 0.861. The summed E-state index contributed by atoms with van der Waals surface area (Å²) in [5.74, 6) is -0.898. The first-order valence-electron chi connectivity index (χ1n) is 6.46. The molecule has 0 bridgehead atoms. The molecule has 0 aliphatic carbocycles. The molecule has 2 N–H and O–H groups in total. The lowest BCUT2D eigenvalue weighted by Crippen LogP contribution is -2.43. The van der Waals surface area contributed by atoms with Crippen LogP contribution in [0.15, 0.2) is 24.3 Å². The van der Waals surface area contributed by atoms with Crippen molar-refractivity contribution in [3.63, 3.8) is 0 Å². The number of carbonyl (C=O) groups is 1. The zero-order valence-electron chi connectivity index (χ0n) is 11.9. The van der Waals surface area contributed by atoms with Gasteiger partial charge >= 0.3 is 0 Å². The van der Waals surface area contributed by atoms with Gasteiger partial charge in [0.25, 0.3) is 5.91 Å². The Kier molecular flexibility index (Phi) is 5.06. The van der Waals surface area contributed by atoms with Crippen LogP contribution < -0.4 is 5.32 Å². The molecule has 0 saturated carbocycles. The van der Waals surface area contributed by atoms with E-state index in [1.165, 1.54) is 12.1 Å². The van der Waals surface area contributed by atoms with E-state index in [2.05, 4.69) is 5.32 Å². The predicted octanol–water partition coefficient (Wildman–Crippen LogP) is 2.60. The number of benzene rings is 1. The van der Waals surface area contributed by atoms with Crippen molar-refractivity contribution >= 4 is 5.91 Å². The summed E-state index contributed by atoms with van der Waals surface area (Å²) in [5, 5.41) is 12.7. The molecule has 0 aromatic heterocycles. The first kappa shape index (κ1) is 15.6. The molecule has 0 radical (unpaired) electrons. The lowest BCUT2D eigenvalue weighted by Gasteiger charge is -2.33. The fourth-order valence-electron chi connectivity index (χ4n) is 2.06. The van der Waals surface area contributed by atoms with E-state index in [1.54, 1.807) is 12.1 Å². The third-order valence-electron chi connectivity index (χ3n) is 3.26. The Morgan fingerprint density at radius 2 is 1.95 bits per heavy atom. The molecule has 3 nitrogen and oxygen atoms in total. The first-order valence-corrected chi connectivity index (χ1v) is 6.46. The van der Waals surface area contributed by atoms with Crippen molar-refractivity contribution in [2.45, 2.75) is 33.8 Å². The summed E-state index contributed by atoms with van der Waals surface area (Å²) in [6.07, 6.45) is -0.534. The Morgan fingerprint density at radius 1 is 1.37 bits per heavy atom. The maximum absolute atomic E-state index is 13.4. The summed E-state index contributed by atoms with van der Waals surface area (Å²) >= 11 is 0. The molecule has 1 unspecified atom stereocenters. The number of amides is 1. The largest absolute Gasteiger partial charge is 0.392 e. The van der Waals surface area contributed by atoms with Gasteiger partial charge in [0.1, 0.15) is 5.82 Å². The number of rotatable bonds is 5. The number of aliphatic hydroxyl groups is 1.